The largest absolute Gasteiger partial charge is 0.330 e. The summed E-state index contributed by atoms with van der Waals surface area (Å²) in [6.07, 6.45) is 3.83. The summed E-state index contributed by atoms with van der Waals surface area (Å²) in [5.74, 6) is -3.94. The topological polar surface area (TPSA) is 119 Å². The smallest absolute Gasteiger partial charge is 0.235 e. The fourth-order valence-corrected chi connectivity index (χ4v) is 8.18. The number of carbonyl (C=O) groups is 4. The molecule has 2 heterocycles. The quantitative estimate of drug-likeness (QED) is 0.189. The van der Waals surface area contributed by atoms with Crippen molar-refractivity contribution in [1.82, 2.24) is 9.88 Å². The van der Waals surface area contributed by atoms with Crippen LogP contribution in [-0.2, 0) is 34.4 Å². The second-order valence-electron chi connectivity index (χ2n) is 11.4. The summed E-state index contributed by atoms with van der Waals surface area (Å²) in [7, 11) is -4.09. The summed E-state index contributed by atoms with van der Waals surface area (Å²) in [5, 5.41) is -1.10. The van der Waals surface area contributed by atoms with Gasteiger partial charge in [-0.2, -0.15) is 0 Å². The number of sulfone groups is 1. The van der Waals surface area contributed by atoms with E-state index in [1.54, 1.807) is 13.0 Å². The summed E-state index contributed by atoms with van der Waals surface area (Å²) < 4.78 is 42.3. The van der Waals surface area contributed by atoms with Gasteiger partial charge in [0.25, 0.3) is 0 Å². The Kier molecular flexibility index (Phi) is 10.4. The molecule has 3 atom stereocenters. The minimum Gasteiger partial charge on any atom is -0.330 e. The third-order valence-electron chi connectivity index (χ3n) is 8.49. The van der Waals surface area contributed by atoms with E-state index >= 15 is 0 Å². The van der Waals surface area contributed by atoms with Crippen molar-refractivity contribution in [2.24, 2.45) is 5.92 Å². The molecule has 0 unspecified atom stereocenters. The number of likely N-dealkylation sites (tertiary alicyclic amines) is 1. The molecule has 1 aliphatic heterocycles. The van der Waals surface area contributed by atoms with Gasteiger partial charge in [0.1, 0.15) is 5.82 Å². The number of carbonyl (C=O) groups excluding carboxylic acids is 4. The highest BCUT2D eigenvalue weighted by atomic mass is 35.5. The third kappa shape index (κ3) is 6.86. The lowest BCUT2D eigenvalue weighted by Gasteiger charge is -2.29. The van der Waals surface area contributed by atoms with Gasteiger partial charge in [-0.05, 0) is 50.3 Å². The summed E-state index contributed by atoms with van der Waals surface area (Å²) >= 11 is 12.1. The van der Waals surface area contributed by atoms with Crippen molar-refractivity contribution in [2.75, 3.05) is 6.54 Å². The number of hydrogen-bond donors (Lipinski definition) is 0. The molecule has 4 rings (SSSR count). The molecule has 1 saturated carbocycles. The van der Waals surface area contributed by atoms with E-state index in [9.17, 15) is 32.0 Å². The van der Waals surface area contributed by atoms with Crippen LogP contribution in [0, 0.1) is 11.7 Å². The third-order valence-corrected chi connectivity index (χ3v) is 11.3. The van der Waals surface area contributed by atoms with Gasteiger partial charge in [-0.25, -0.2) is 12.8 Å². The van der Waals surface area contributed by atoms with Crippen LogP contribution < -0.4 is 0 Å². The van der Waals surface area contributed by atoms with Crippen LogP contribution in [-0.4, -0.2) is 59.4 Å². The van der Waals surface area contributed by atoms with Gasteiger partial charge in [0.2, 0.25) is 11.7 Å². The predicted octanol–water partition coefficient (Wildman–Crippen LogP) is 5.71. The van der Waals surface area contributed by atoms with Gasteiger partial charge in [0.15, 0.2) is 21.4 Å². The lowest BCUT2D eigenvalue weighted by atomic mass is 9.88. The number of hydrogen-bond acceptors (Lipinski definition) is 7. The maximum absolute atomic E-state index is 14.9. The van der Waals surface area contributed by atoms with E-state index in [1.807, 2.05) is 6.92 Å². The zero-order valence-electron chi connectivity index (χ0n) is 24.2. The van der Waals surface area contributed by atoms with Gasteiger partial charge in [-0.1, -0.05) is 62.0 Å². The van der Waals surface area contributed by atoms with E-state index in [1.165, 1.54) is 29.3 Å². The number of rotatable bonds is 14. The predicted molar refractivity (Wildman–Crippen MR) is 160 cm³/mol. The highest BCUT2D eigenvalue weighted by Crippen LogP contribution is 2.51. The molecule has 12 heteroatoms. The number of ketones is 3. The molecule has 1 aliphatic carbocycles. The molecule has 43 heavy (non-hydrogen) atoms. The van der Waals surface area contributed by atoms with Crippen molar-refractivity contribution >= 4 is 56.3 Å². The van der Waals surface area contributed by atoms with Crippen LogP contribution >= 0.6 is 23.2 Å². The molecule has 2 aromatic rings. The molecular weight excluding hydrogens is 618 g/mol. The number of aromatic nitrogens is 1. The molecule has 0 radical (unpaired) electrons. The van der Waals surface area contributed by atoms with E-state index < -0.39 is 61.5 Å². The van der Waals surface area contributed by atoms with Crippen LogP contribution in [0.3, 0.4) is 0 Å². The molecule has 2 fully saturated rings. The fourth-order valence-electron chi connectivity index (χ4n) is 5.81. The summed E-state index contributed by atoms with van der Waals surface area (Å²) in [4.78, 5) is 58.6. The Balaban J connectivity index is 1.64. The molecule has 0 spiro atoms. The molecular formula is C31H35Cl2FN2O6S. The van der Waals surface area contributed by atoms with E-state index in [2.05, 4.69) is 4.98 Å². The zero-order chi connectivity index (χ0) is 31.5. The fraction of sp³-hybridized carbons (Fsp3) is 0.516. The number of amides is 1. The first-order valence-electron chi connectivity index (χ1n) is 14.6. The average Bonchev–Trinajstić information content (AvgIpc) is 3.64. The first-order chi connectivity index (χ1) is 20.4. The van der Waals surface area contributed by atoms with Crippen LogP contribution in [0.4, 0.5) is 4.39 Å². The normalized spacial score (nSPS) is 20.1. The van der Waals surface area contributed by atoms with Crippen LogP contribution in [0.5, 0.6) is 0 Å². The van der Waals surface area contributed by atoms with E-state index in [-0.39, 0.29) is 65.7 Å². The highest BCUT2D eigenvalue weighted by Gasteiger charge is 2.59. The summed E-state index contributed by atoms with van der Waals surface area (Å²) in [6.45, 7) is 3.36. The minimum atomic E-state index is -4.09. The van der Waals surface area contributed by atoms with Gasteiger partial charge < -0.3 is 4.90 Å². The van der Waals surface area contributed by atoms with Crippen molar-refractivity contribution in [3.05, 3.63) is 58.1 Å². The number of pyridine rings is 1. The monoisotopic (exact) mass is 652 g/mol. The molecule has 1 amide bonds. The van der Waals surface area contributed by atoms with Gasteiger partial charge in [-0.15, -0.1) is 0 Å². The van der Waals surface area contributed by atoms with Crippen molar-refractivity contribution in [3.8, 4) is 0 Å². The molecule has 0 bridgehead atoms. The Morgan fingerprint density at radius 3 is 2.42 bits per heavy atom. The van der Waals surface area contributed by atoms with Crippen molar-refractivity contribution in [3.63, 3.8) is 0 Å². The lowest BCUT2D eigenvalue weighted by molar-refractivity contribution is -0.142. The van der Waals surface area contributed by atoms with E-state index in [4.69, 9.17) is 23.2 Å². The van der Waals surface area contributed by atoms with Crippen LogP contribution in [0.15, 0.2) is 41.4 Å². The van der Waals surface area contributed by atoms with Gasteiger partial charge in [0.05, 0.1) is 37.3 Å². The van der Waals surface area contributed by atoms with Gasteiger partial charge >= 0.3 is 0 Å². The maximum Gasteiger partial charge on any atom is 0.235 e. The Bertz CT molecular complexity index is 1530. The molecule has 1 saturated heterocycles. The zero-order valence-corrected chi connectivity index (χ0v) is 26.5. The van der Waals surface area contributed by atoms with Crippen molar-refractivity contribution < 1.29 is 32.0 Å². The Morgan fingerprint density at radius 2 is 1.81 bits per heavy atom. The highest BCUT2D eigenvalue weighted by molar-refractivity contribution is 7.92. The summed E-state index contributed by atoms with van der Waals surface area (Å²) in [6, 6.07) is 5.79. The van der Waals surface area contributed by atoms with Crippen LogP contribution in [0.2, 0.25) is 10.0 Å². The lowest BCUT2D eigenvalue weighted by Crippen LogP contribution is -2.47. The number of unbranched alkanes of at least 4 members (excludes halogenated alkanes) is 2. The first-order valence-corrected chi connectivity index (χ1v) is 16.9. The maximum atomic E-state index is 14.9. The molecule has 232 valence electrons. The minimum absolute atomic E-state index is 0.0134. The van der Waals surface area contributed by atoms with Crippen LogP contribution in [0.1, 0.15) is 77.3 Å². The number of halogens is 3. The average molecular weight is 654 g/mol. The van der Waals surface area contributed by atoms with Gasteiger partial charge in [0, 0.05) is 31.5 Å². The van der Waals surface area contributed by atoms with Gasteiger partial charge in [-0.3, -0.25) is 24.2 Å². The molecule has 8 nitrogen and oxygen atoms in total. The number of nitrogens with zero attached hydrogens (tertiary/aromatic N) is 2. The second kappa shape index (κ2) is 13.5. The standard InChI is InChI=1S/C31H35Cl2FN2O6S/c1-3-5-6-10-25(37)28(39)19(4-2)14-26(38)24-16-21(43(41,42)27-11-8-7-9-22(27)33)18-36(24)30(40)31(12-13-31)29-23(34)15-20(32)17-35-29/h7-9,11,15,17,19,21,24H,3-6,10,12-14,16,18H2,1-2H3/t19-,21-,24+/m1/s1. The second-order valence-corrected chi connectivity index (χ2v) is 14.4. The van der Waals surface area contributed by atoms with E-state index in [0.717, 1.165) is 18.9 Å². The van der Waals surface area contributed by atoms with E-state index in [0.29, 0.717) is 6.42 Å². The first kappa shape index (κ1) is 33.2. The molecule has 0 N–H and O–H groups in total. The van der Waals surface area contributed by atoms with Crippen molar-refractivity contribution in [1.29, 1.82) is 0 Å². The Morgan fingerprint density at radius 1 is 1.12 bits per heavy atom. The number of benzene rings is 1. The number of Topliss-reactive ketones (excluding diaryl/α,β-unsaturated/α-hetero) is 3. The van der Waals surface area contributed by atoms with Crippen molar-refractivity contribution in [2.45, 2.75) is 93.2 Å². The Labute approximate surface area is 261 Å². The molecule has 2 aliphatic rings. The molecule has 1 aromatic heterocycles. The van der Waals surface area contributed by atoms with Crippen LogP contribution in [0.25, 0.3) is 0 Å². The summed E-state index contributed by atoms with van der Waals surface area (Å²) in [5.41, 5.74) is -1.46. The molecule has 1 aromatic carbocycles. The SMILES string of the molecule is CCCCCC(=O)C(=O)[C@H](CC)CC(=O)[C@@H]1C[C@@H](S(=O)(=O)c2ccccc2Cl)CN1C(=O)C1(c2ncc(Cl)cc2F)CC1. The Hall–Kier alpha value is -2.69.